The lowest BCUT2D eigenvalue weighted by molar-refractivity contribution is 0.102. The lowest BCUT2D eigenvalue weighted by atomic mass is 10.2. The van der Waals surface area contributed by atoms with Gasteiger partial charge in [0, 0.05) is 14.6 Å². The average Bonchev–Trinajstić information content (AvgIpc) is 2.86. The number of H-pyrrole nitrogens is 1. The molecule has 4 nitrogen and oxygen atoms in total. The van der Waals surface area contributed by atoms with Crippen molar-refractivity contribution in [3.8, 4) is 0 Å². The first-order valence-electron chi connectivity index (χ1n) is 5.73. The van der Waals surface area contributed by atoms with Gasteiger partial charge in [-0.25, -0.2) is 0 Å². The standard InChI is InChI=1S/C14H10IN3O/c15-12-4-2-1-3-11(12)14(19)17-10-6-5-9-8-16-18-13(9)7-10/h1-8H,(H,16,18)(H,17,19). The van der Waals surface area contributed by atoms with Crippen molar-refractivity contribution >= 4 is 45.1 Å². The first kappa shape index (κ1) is 12.2. The quantitative estimate of drug-likeness (QED) is 0.686. The highest BCUT2D eigenvalue weighted by Gasteiger charge is 2.09. The van der Waals surface area contributed by atoms with E-state index in [0.29, 0.717) is 5.56 Å². The molecule has 94 valence electrons. The molecule has 1 aromatic heterocycles. The van der Waals surface area contributed by atoms with E-state index in [1.165, 1.54) is 0 Å². The van der Waals surface area contributed by atoms with Gasteiger partial charge in [-0.2, -0.15) is 5.10 Å². The Kier molecular flexibility index (Phi) is 3.20. The number of halogens is 1. The fourth-order valence-electron chi connectivity index (χ4n) is 1.86. The minimum Gasteiger partial charge on any atom is -0.322 e. The smallest absolute Gasteiger partial charge is 0.256 e. The third kappa shape index (κ3) is 2.46. The Balaban J connectivity index is 1.88. The molecule has 0 radical (unpaired) electrons. The summed E-state index contributed by atoms with van der Waals surface area (Å²) in [5, 5.41) is 10.7. The van der Waals surface area contributed by atoms with Crippen molar-refractivity contribution in [2.45, 2.75) is 0 Å². The molecule has 0 aliphatic heterocycles. The number of fused-ring (bicyclic) bond motifs is 1. The van der Waals surface area contributed by atoms with Gasteiger partial charge in [0.1, 0.15) is 0 Å². The predicted octanol–water partition coefficient (Wildman–Crippen LogP) is 3.42. The van der Waals surface area contributed by atoms with Crippen molar-refractivity contribution in [3.63, 3.8) is 0 Å². The number of hydrogen-bond acceptors (Lipinski definition) is 2. The van der Waals surface area contributed by atoms with Crippen LogP contribution in [-0.4, -0.2) is 16.1 Å². The van der Waals surface area contributed by atoms with E-state index in [2.05, 4.69) is 38.1 Å². The lowest BCUT2D eigenvalue weighted by Gasteiger charge is -2.06. The van der Waals surface area contributed by atoms with Gasteiger partial charge in [0.2, 0.25) is 0 Å². The van der Waals surface area contributed by atoms with E-state index in [-0.39, 0.29) is 5.91 Å². The molecule has 0 spiro atoms. The van der Waals surface area contributed by atoms with E-state index >= 15 is 0 Å². The Morgan fingerprint density at radius 1 is 1.21 bits per heavy atom. The molecule has 0 saturated carbocycles. The Morgan fingerprint density at radius 3 is 2.89 bits per heavy atom. The third-order valence-electron chi connectivity index (χ3n) is 2.82. The summed E-state index contributed by atoms with van der Waals surface area (Å²) in [6.07, 6.45) is 1.75. The molecule has 3 aromatic rings. The maximum absolute atomic E-state index is 12.2. The zero-order valence-corrected chi connectivity index (χ0v) is 12.0. The molecule has 5 heteroatoms. The minimum absolute atomic E-state index is 0.108. The van der Waals surface area contributed by atoms with Crippen LogP contribution < -0.4 is 5.32 Å². The van der Waals surface area contributed by atoms with Gasteiger partial charge in [-0.1, -0.05) is 12.1 Å². The third-order valence-corrected chi connectivity index (χ3v) is 3.76. The van der Waals surface area contributed by atoms with Crippen LogP contribution in [0.15, 0.2) is 48.7 Å². The van der Waals surface area contributed by atoms with E-state index in [4.69, 9.17) is 0 Å². The van der Waals surface area contributed by atoms with Crippen LogP contribution in [0.5, 0.6) is 0 Å². The summed E-state index contributed by atoms with van der Waals surface area (Å²) in [5.41, 5.74) is 2.33. The first-order chi connectivity index (χ1) is 9.24. The van der Waals surface area contributed by atoms with Crippen molar-refractivity contribution in [2.75, 3.05) is 5.32 Å². The van der Waals surface area contributed by atoms with E-state index in [0.717, 1.165) is 20.2 Å². The van der Waals surface area contributed by atoms with E-state index in [1.54, 1.807) is 6.20 Å². The van der Waals surface area contributed by atoms with Crippen molar-refractivity contribution in [1.29, 1.82) is 0 Å². The molecule has 0 aliphatic carbocycles. The van der Waals surface area contributed by atoms with Gasteiger partial charge in [0.05, 0.1) is 17.3 Å². The van der Waals surface area contributed by atoms with E-state index < -0.39 is 0 Å². The molecule has 0 bridgehead atoms. The molecular formula is C14H10IN3O. The summed E-state index contributed by atoms with van der Waals surface area (Å²) in [7, 11) is 0. The Morgan fingerprint density at radius 2 is 2.05 bits per heavy atom. The highest BCUT2D eigenvalue weighted by Crippen LogP contribution is 2.18. The van der Waals surface area contributed by atoms with Gasteiger partial charge in [0.15, 0.2) is 0 Å². The van der Waals surface area contributed by atoms with Gasteiger partial charge < -0.3 is 5.32 Å². The van der Waals surface area contributed by atoms with Crippen LogP contribution in [0.1, 0.15) is 10.4 Å². The molecule has 0 fully saturated rings. The van der Waals surface area contributed by atoms with Crippen molar-refractivity contribution in [3.05, 3.63) is 57.8 Å². The molecule has 1 heterocycles. The zero-order valence-electron chi connectivity index (χ0n) is 9.85. The number of anilines is 1. The molecule has 0 saturated heterocycles. The van der Waals surface area contributed by atoms with Crippen LogP contribution in [0.4, 0.5) is 5.69 Å². The maximum atomic E-state index is 12.2. The lowest BCUT2D eigenvalue weighted by Crippen LogP contribution is -2.13. The van der Waals surface area contributed by atoms with Crippen LogP contribution >= 0.6 is 22.6 Å². The maximum Gasteiger partial charge on any atom is 0.256 e. The number of benzene rings is 2. The molecular weight excluding hydrogens is 353 g/mol. The van der Waals surface area contributed by atoms with Gasteiger partial charge in [-0.3, -0.25) is 9.89 Å². The Hall–Kier alpha value is -1.89. The number of rotatable bonds is 2. The monoisotopic (exact) mass is 363 g/mol. The second-order valence-electron chi connectivity index (χ2n) is 4.11. The topological polar surface area (TPSA) is 57.8 Å². The molecule has 1 amide bonds. The SMILES string of the molecule is O=C(Nc1ccc2cn[nH]c2c1)c1ccccc1I. The van der Waals surface area contributed by atoms with Gasteiger partial charge in [-0.15, -0.1) is 0 Å². The second kappa shape index (κ2) is 5.00. The molecule has 0 unspecified atom stereocenters. The number of hydrogen-bond donors (Lipinski definition) is 2. The van der Waals surface area contributed by atoms with Crippen LogP contribution in [0.2, 0.25) is 0 Å². The number of aromatic nitrogens is 2. The fourth-order valence-corrected chi connectivity index (χ4v) is 2.49. The summed E-state index contributed by atoms with van der Waals surface area (Å²) in [5.74, 6) is -0.108. The van der Waals surface area contributed by atoms with Crippen LogP contribution in [0.25, 0.3) is 10.9 Å². The summed E-state index contributed by atoms with van der Waals surface area (Å²) < 4.78 is 0.931. The molecule has 0 aliphatic rings. The van der Waals surface area contributed by atoms with E-state index in [9.17, 15) is 4.79 Å². The second-order valence-corrected chi connectivity index (χ2v) is 5.27. The molecule has 0 atom stereocenters. The van der Waals surface area contributed by atoms with Crippen LogP contribution in [0, 0.1) is 3.57 Å². The summed E-state index contributed by atoms with van der Waals surface area (Å²) in [6, 6.07) is 13.1. The fraction of sp³-hybridized carbons (Fsp3) is 0. The van der Waals surface area contributed by atoms with Crippen molar-refractivity contribution in [1.82, 2.24) is 10.2 Å². The highest BCUT2D eigenvalue weighted by atomic mass is 127. The number of carbonyl (C=O) groups is 1. The van der Waals surface area contributed by atoms with Crippen LogP contribution in [-0.2, 0) is 0 Å². The number of aromatic amines is 1. The average molecular weight is 363 g/mol. The first-order valence-corrected chi connectivity index (χ1v) is 6.81. The van der Waals surface area contributed by atoms with Gasteiger partial charge >= 0.3 is 0 Å². The van der Waals surface area contributed by atoms with Crippen molar-refractivity contribution < 1.29 is 4.79 Å². The molecule has 19 heavy (non-hydrogen) atoms. The minimum atomic E-state index is -0.108. The zero-order chi connectivity index (χ0) is 13.2. The highest BCUT2D eigenvalue weighted by molar-refractivity contribution is 14.1. The number of amides is 1. The number of nitrogens with one attached hydrogen (secondary N) is 2. The Bertz CT molecular complexity index is 751. The largest absolute Gasteiger partial charge is 0.322 e. The van der Waals surface area contributed by atoms with E-state index in [1.807, 2.05) is 42.5 Å². The Labute approximate surface area is 123 Å². The summed E-state index contributed by atoms with van der Waals surface area (Å²) in [6.45, 7) is 0. The normalized spacial score (nSPS) is 10.6. The number of nitrogens with zero attached hydrogens (tertiary/aromatic N) is 1. The molecule has 2 aromatic carbocycles. The van der Waals surface area contributed by atoms with Gasteiger partial charge in [0.25, 0.3) is 5.91 Å². The molecule has 3 rings (SSSR count). The molecule has 2 N–H and O–H groups in total. The summed E-state index contributed by atoms with van der Waals surface area (Å²) in [4.78, 5) is 12.2. The van der Waals surface area contributed by atoms with Crippen LogP contribution in [0.3, 0.4) is 0 Å². The van der Waals surface area contributed by atoms with Gasteiger partial charge in [-0.05, 0) is 52.9 Å². The van der Waals surface area contributed by atoms with Crippen molar-refractivity contribution in [2.24, 2.45) is 0 Å². The summed E-state index contributed by atoms with van der Waals surface area (Å²) >= 11 is 2.15. The predicted molar refractivity (Wildman–Crippen MR) is 83.2 cm³/mol. The number of carbonyl (C=O) groups excluding carboxylic acids is 1.